The summed E-state index contributed by atoms with van der Waals surface area (Å²) in [5.41, 5.74) is -0.367. The molecule has 12 heavy (non-hydrogen) atoms. The lowest BCUT2D eigenvalue weighted by atomic mass is 10.2. The molecule has 0 fully saturated rings. The lowest BCUT2D eigenvalue weighted by molar-refractivity contribution is 0.112. The average Bonchev–Trinajstić information content (AvgIpc) is 2.05. The third-order valence-electron chi connectivity index (χ3n) is 1.29. The van der Waals surface area contributed by atoms with Gasteiger partial charge < -0.3 is 0 Å². The highest BCUT2D eigenvalue weighted by atomic mass is 35.5. The zero-order chi connectivity index (χ0) is 9.14. The number of aldehydes is 1. The molecule has 0 spiro atoms. The predicted octanol–water partition coefficient (Wildman–Crippen LogP) is 2.69. The van der Waals surface area contributed by atoms with Crippen molar-refractivity contribution in [1.29, 1.82) is 0 Å². The Labute approximate surface area is 72.1 Å². The van der Waals surface area contributed by atoms with Gasteiger partial charge in [0.1, 0.15) is 5.69 Å². The Hall–Kier alpha value is -1.29. The number of hydrogen-bond donors (Lipinski definition) is 0. The highest BCUT2D eigenvalue weighted by molar-refractivity contribution is 6.33. The molecule has 1 aromatic carbocycles. The topological polar surface area (TPSA) is 46.5 Å². The maximum Gasteiger partial charge on any atom is 0.153 e. The first-order chi connectivity index (χ1) is 5.69. The van der Waals surface area contributed by atoms with Gasteiger partial charge in [-0.15, -0.1) is 4.91 Å². The van der Waals surface area contributed by atoms with Gasteiger partial charge in [-0.25, -0.2) is 4.39 Å². The summed E-state index contributed by atoms with van der Waals surface area (Å²) < 4.78 is 12.7. The van der Waals surface area contributed by atoms with E-state index in [1.165, 1.54) is 0 Å². The largest absolute Gasteiger partial charge is 0.298 e. The van der Waals surface area contributed by atoms with Crippen LogP contribution in [-0.2, 0) is 0 Å². The second-order valence-electron chi connectivity index (χ2n) is 2.03. The molecule has 5 heteroatoms. The van der Waals surface area contributed by atoms with Crippen LogP contribution in [0.4, 0.5) is 10.1 Å². The van der Waals surface area contributed by atoms with Crippen molar-refractivity contribution < 1.29 is 9.18 Å². The van der Waals surface area contributed by atoms with Crippen molar-refractivity contribution >= 4 is 23.6 Å². The molecule has 0 saturated carbocycles. The van der Waals surface area contributed by atoms with Crippen molar-refractivity contribution in [2.24, 2.45) is 5.18 Å². The van der Waals surface area contributed by atoms with E-state index in [1.807, 2.05) is 0 Å². The van der Waals surface area contributed by atoms with Crippen LogP contribution in [-0.4, -0.2) is 6.29 Å². The second-order valence-corrected chi connectivity index (χ2v) is 2.44. The first-order valence-corrected chi connectivity index (χ1v) is 3.34. The lowest BCUT2D eigenvalue weighted by Gasteiger charge is -1.96. The average molecular weight is 188 g/mol. The summed E-state index contributed by atoms with van der Waals surface area (Å²) in [7, 11) is 0. The number of nitrogens with zero attached hydrogens (tertiary/aromatic N) is 1. The maximum absolute atomic E-state index is 12.7. The van der Waals surface area contributed by atoms with E-state index >= 15 is 0 Å². The Morgan fingerprint density at radius 3 is 2.67 bits per heavy atom. The van der Waals surface area contributed by atoms with Gasteiger partial charge in [0.2, 0.25) is 0 Å². The van der Waals surface area contributed by atoms with E-state index in [0.717, 1.165) is 12.1 Å². The molecule has 0 aliphatic heterocycles. The number of benzene rings is 1. The Kier molecular flexibility index (Phi) is 2.50. The molecule has 0 amide bonds. The summed E-state index contributed by atoms with van der Waals surface area (Å²) in [6.07, 6.45) is 0.427. The molecule has 0 N–H and O–H groups in total. The molecule has 0 radical (unpaired) electrons. The van der Waals surface area contributed by atoms with E-state index in [4.69, 9.17) is 11.6 Å². The smallest absolute Gasteiger partial charge is 0.153 e. The molecule has 0 heterocycles. The molecule has 3 nitrogen and oxygen atoms in total. The molecule has 1 rings (SSSR count). The molecule has 0 aromatic heterocycles. The molecule has 0 bridgehead atoms. The monoisotopic (exact) mass is 187 g/mol. The Bertz CT molecular complexity index is 311. The van der Waals surface area contributed by atoms with Crippen LogP contribution in [0.25, 0.3) is 0 Å². The summed E-state index contributed by atoms with van der Waals surface area (Å²) in [4.78, 5) is 20.2. The third kappa shape index (κ3) is 1.48. The zero-order valence-corrected chi connectivity index (χ0v) is 6.51. The van der Waals surface area contributed by atoms with Gasteiger partial charge >= 0.3 is 0 Å². The van der Waals surface area contributed by atoms with Crippen LogP contribution in [0, 0.1) is 10.7 Å². The van der Waals surface area contributed by atoms with Gasteiger partial charge in [0, 0.05) is 5.56 Å². The van der Waals surface area contributed by atoms with E-state index in [2.05, 4.69) is 5.18 Å². The molecule has 62 valence electrons. The minimum atomic E-state index is -0.833. The number of carbonyl (C=O) groups excluding carboxylic acids is 1. The number of halogens is 2. The Morgan fingerprint density at radius 2 is 2.17 bits per heavy atom. The van der Waals surface area contributed by atoms with Gasteiger partial charge in [0.25, 0.3) is 0 Å². The zero-order valence-electron chi connectivity index (χ0n) is 5.75. The van der Waals surface area contributed by atoms with Crippen molar-refractivity contribution in [3.05, 3.63) is 33.4 Å². The van der Waals surface area contributed by atoms with Crippen LogP contribution < -0.4 is 0 Å². The second kappa shape index (κ2) is 3.40. The van der Waals surface area contributed by atoms with Gasteiger partial charge in [-0.05, 0) is 17.3 Å². The van der Waals surface area contributed by atoms with Gasteiger partial charge in [-0.1, -0.05) is 11.6 Å². The summed E-state index contributed by atoms with van der Waals surface area (Å²) in [6.45, 7) is 0. The minimum absolute atomic E-state index is 0.0325. The van der Waals surface area contributed by atoms with Crippen molar-refractivity contribution in [2.45, 2.75) is 0 Å². The standard InChI is InChI=1S/C7H3ClFNO2/c8-5-2-6(9)7(10-12)1-4(5)3-11/h1-3H. The fourth-order valence-electron chi connectivity index (χ4n) is 0.714. The molecular weight excluding hydrogens is 185 g/mol. The number of hydrogen-bond acceptors (Lipinski definition) is 3. The van der Waals surface area contributed by atoms with Crippen molar-refractivity contribution in [3.63, 3.8) is 0 Å². The van der Waals surface area contributed by atoms with Gasteiger partial charge in [0.15, 0.2) is 12.1 Å². The highest BCUT2D eigenvalue weighted by Crippen LogP contribution is 2.24. The van der Waals surface area contributed by atoms with Gasteiger partial charge in [-0.3, -0.25) is 4.79 Å². The lowest BCUT2D eigenvalue weighted by Crippen LogP contribution is -1.84. The predicted molar refractivity (Wildman–Crippen MR) is 42.3 cm³/mol. The fourth-order valence-corrected chi connectivity index (χ4v) is 0.909. The van der Waals surface area contributed by atoms with Crippen LogP contribution in [0.2, 0.25) is 5.02 Å². The van der Waals surface area contributed by atoms with Crippen molar-refractivity contribution in [1.82, 2.24) is 0 Å². The van der Waals surface area contributed by atoms with E-state index in [1.54, 1.807) is 0 Å². The molecule has 0 aliphatic rings. The van der Waals surface area contributed by atoms with Crippen LogP contribution >= 0.6 is 11.6 Å². The number of rotatable bonds is 2. The Balaban J connectivity index is 3.36. The quantitative estimate of drug-likeness (QED) is 0.528. The summed E-state index contributed by atoms with van der Waals surface area (Å²) in [5.74, 6) is -0.833. The van der Waals surface area contributed by atoms with Gasteiger partial charge in [-0.2, -0.15) is 0 Å². The summed E-state index contributed by atoms with van der Waals surface area (Å²) >= 11 is 5.44. The van der Waals surface area contributed by atoms with Crippen LogP contribution in [0.5, 0.6) is 0 Å². The first-order valence-electron chi connectivity index (χ1n) is 2.96. The molecular formula is C7H3ClFNO2. The van der Waals surface area contributed by atoms with Crippen molar-refractivity contribution in [2.75, 3.05) is 0 Å². The molecule has 0 atom stereocenters. The van der Waals surface area contributed by atoms with Crippen molar-refractivity contribution in [3.8, 4) is 0 Å². The minimum Gasteiger partial charge on any atom is -0.298 e. The van der Waals surface area contributed by atoms with E-state index in [0.29, 0.717) is 6.29 Å². The SMILES string of the molecule is O=Cc1cc(N=O)c(F)cc1Cl. The summed E-state index contributed by atoms with van der Waals surface area (Å²) in [6, 6.07) is 1.87. The van der Waals surface area contributed by atoms with Crippen LogP contribution in [0.3, 0.4) is 0 Å². The van der Waals surface area contributed by atoms with Gasteiger partial charge in [0.05, 0.1) is 5.02 Å². The van der Waals surface area contributed by atoms with E-state index in [9.17, 15) is 14.1 Å². The fraction of sp³-hybridized carbons (Fsp3) is 0. The van der Waals surface area contributed by atoms with Crippen LogP contribution in [0.15, 0.2) is 17.3 Å². The van der Waals surface area contributed by atoms with Crippen LogP contribution in [0.1, 0.15) is 10.4 Å². The third-order valence-corrected chi connectivity index (χ3v) is 1.62. The summed E-state index contributed by atoms with van der Waals surface area (Å²) in [5, 5.41) is 2.34. The maximum atomic E-state index is 12.7. The molecule has 0 aliphatic carbocycles. The van der Waals surface area contributed by atoms with E-state index < -0.39 is 11.5 Å². The first kappa shape index (κ1) is 8.80. The Morgan fingerprint density at radius 1 is 1.50 bits per heavy atom. The normalized spacial score (nSPS) is 9.50. The molecule has 0 unspecified atom stereocenters. The molecule has 0 saturated heterocycles. The number of carbonyl (C=O) groups is 1. The number of nitroso groups, excluding NO2 is 1. The molecule has 1 aromatic rings. The van der Waals surface area contributed by atoms with E-state index in [-0.39, 0.29) is 10.6 Å². The highest BCUT2D eigenvalue weighted by Gasteiger charge is 2.07.